The molecule has 1 N–H and O–H groups in total. The summed E-state index contributed by atoms with van der Waals surface area (Å²) >= 11 is 0. The Kier molecular flexibility index (Phi) is 8.83. The molecule has 4 heterocycles. The number of carbonyl (C=O) groups is 2. The first kappa shape index (κ1) is 35.6. The van der Waals surface area contributed by atoms with Crippen LogP contribution in [-0.2, 0) is 25.3 Å². The molecule has 8 rings (SSSR count). The average molecular weight is 699 g/mol. The molecule has 1 aromatic carbocycles. The summed E-state index contributed by atoms with van der Waals surface area (Å²) in [6, 6.07) is 8.25. The van der Waals surface area contributed by atoms with Gasteiger partial charge in [-0.2, -0.15) is 5.26 Å². The quantitative estimate of drug-likeness (QED) is 0.304. The van der Waals surface area contributed by atoms with Gasteiger partial charge < -0.3 is 24.3 Å². The van der Waals surface area contributed by atoms with Crippen LogP contribution < -0.4 is 5.32 Å². The summed E-state index contributed by atoms with van der Waals surface area (Å²) in [5.41, 5.74) is -1.04. The Labute approximate surface area is 293 Å². The smallest absolute Gasteiger partial charge is 0.447 e. The summed E-state index contributed by atoms with van der Waals surface area (Å²) in [5.74, 6) is -4.18. The van der Waals surface area contributed by atoms with Crippen LogP contribution in [0.1, 0.15) is 91.5 Å². The molecule has 7 aliphatic rings. The predicted molar refractivity (Wildman–Crippen MR) is 179 cm³/mol. The van der Waals surface area contributed by atoms with E-state index in [1.165, 1.54) is 12.1 Å². The highest BCUT2D eigenvalue weighted by atomic mass is 19.3. The van der Waals surface area contributed by atoms with E-state index in [2.05, 4.69) is 32.2 Å². The molecule has 1 aromatic rings. The molecule has 4 bridgehead atoms. The van der Waals surface area contributed by atoms with Crippen molar-refractivity contribution < 1.29 is 36.8 Å². The summed E-state index contributed by atoms with van der Waals surface area (Å²) in [5, 5.41) is 13.1. The fraction of sp³-hybridized carbons (Fsp3) is 0.757. The zero-order valence-electron chi connectivity index (χ0n) is 29.9. The Balaban J connectivity index is 1.03. The lowest BCUT2D eigenvalue weighted by Gasteiger charge is -2.64. The van der Waals surface area contributed by atoms with Gasteiger partial charge in [-0.1, -0.05) is 26.0 Å². The lowest BCUT2D eigenvalue weighted by molar-refractivity contribution is -0.199. The van der Waals surface area contributed by atoms with Gasteiger partial charge in [0.15, 0.2) is 0 Å². The number of carbonyl (C=O) groups excluding carboxylic acids is 2. The van der Waals surface area contributed by atoms with Crippen LogP contribution in [0.5, 0.6) is 0 Å². The fourth-order valence-corrected chi connectivity index (χ4v) is 10.4. The van der Waals surface area contributed by atoms with Crippen LogP contribution in [0.2, 0.25) is 0 Å². The predicted octanol–water partition coefficient (Wildman–Crippen LogP) is 5.90. The first-order valence-electron chi connectivity index (χ1n) is 18.3. The van der Waals surface area contributed by atoms with Crippen LogP contribution >= 0.6 is 0 Å². The maximum Gasteiger partial charge on any atom is 0.482 e. The van der Waals surface area contributed by atoms with Gasteiger partial charge in [-0.05, 0) is 107 Å². The highest BCUT2D eigenvalue weighted by Gasteiger charge is 2.68. The van der Waals surface area contributed by atoms with E-state index in [1.54, 1.807) is 21.9 Å². The first-order valence-corrected chi connectivity index (χ1v) is 18.3. The highest BCUT2D eigenvalue weighted by Crippen LogP contribution is 2.65. The monoisotopic (exact) mass is 698 g/mol. The van der Waals surface area contributed by atoms with Crippen molar-refractivity contribution in [2.75, 3.05) is 19.7 Å². The number of nitrogens with one attached hydrogen (secondary N) is 1. The minimum Gasteiger partial charge on any atom is -0.447 e. The van der Waals surface area contributed by atoms with Crippen molar-refractivity contribution in [2.45, 2.75) is 133 Å². The van der Waals surface area contributed by atoms with Crippen molar-refractivity contribution in [3.63, 3.8) is 0 Å². The number of hydrogen-bond acceptors (Lipinski definition) is 7. The number of nitriles is 1. The van der Waals surface area contributed by atoms with Crippen LogP contribution in [-0.4, -0.2) is 89.3 Å². The molecule has 4 saturated heterocycles. The van der Waals surface area contributed by atoms with Crippen molar-refractivity contribution in [3.8, 4) is 6.07 Å². The van der Waals surface area contributed by atoms with Crippen molar-refractivity contribution in [2.24, 2.45) is 23.2 Å². The van der Waals surface area contributed by atoms with E-state index in [4.69, 9.17) is 14.0 Å². The van der Waals surface area contributed by atoms with Gasteiger partial charge in [-0.3, -0.25) is 9.69 Å². The molecule has 2 amide bonds. The van der Waals surface area contributed by atoms with Crippen LogP contribution in [0.15, 0.2) is 24.3 Å². The second-order valence-corrected chi connectivity index (χ2v) is 17.4. The first-order chi connectivity index (χ1) is 23.5. The Morgan fingerprint density at radius 2 is 1.84 bits per heavy atom. The molecule has 0 spiro atoms. The molecule has 3 saturated carbocycles. The summed E-state index contributed by atoms with van der Waals surface area (Å²) in [4.78, 5) is 31.1. The molecule has 0 aromatic heterocycles. The van der Waals surface area contributed by atoms with Gasteiger partial charge >= 0.3 is 13.2 Å². The van der Waals surface area contributed by atoms with E-state index in [9.17, 15) is 28.0 Å². The molecule has 13 heteroatoms. The fourth-order valence-electron chi connectivity index (χ4n) is 10.4. The van der Waals surface area contributed by atoms with Crippen LogP contribution in [0, 0.1) is 40.3 Å². The lowest BCUT2D eigenvalue weighted by atomic mass is 9.43. The van der Waals surface area contributed by atoms with E-state index < -0.39 is 47.7 Å². The second-order valence-electron chi connectivity index (χ2n) is 17.4. The van der Waals surface area contributed by atoms with Gasteiger partial charge in [0.1, 0.15) is 18.3 Å². The summed E-state index contributed by atoms with van der Waals surface area (Å²) in [7, 11) is -0.730. The van der Waals surface area contributed by atoms with Crippen molar-refractivity contribution in [1.29, 1.82) is 5.26 Å². The summed E-state index contributed by atoms with van der Waals surface area (Å²) in [6.07, 6.45) is 4.22. The molecule has 9 nitrogen and oxygen atoms in total. The highest BCUT2D eigenvalue weighted by molar-refractivity contribution is 6.47. The number of alkyl halides is 2. The van der Waals surface area contributed by atoms with Gasteiger partial charge in [0, 0.05) is 24.5 Å². The molecule has 3 aliphatic carbocycles. The SMILES string of the molecule is CC1(C)[C@@H]2C[C@H]3OB([C@H](Cc4ccc(F)cc4)NC(=O)OCC45CCC(CC4)N5C(=O)C(C#N)CC(C)(C)N4CCC(F)(F)C4)O[C@@]3(C)[C@H]1C2. The number of ether oxygens (including phenoxy) is 1. The number of halogens is 3. The van der Waals surface area contributed by atoms with E-state index in [0.29, 0.717) is 31.1 Å². The number of hydrogen-bond donors (Lipinski definition) is 1. The summed E-state index contributed by atoms with van der Waals surface area (Å²) in [6.45, 7) is 10.1. The second kappa shape index (κ2) is 12.4. The Morgan fingerprint density at radius 1 is 1.14 bits per heavy atom. The maximum absolute atomic E-state index is 14.0. The largest absolute Gasteiger partial charge is 0.482 e. The van der Waals surface area contributed by atoms with Crippen LogP contribution in [0.25, 0.3) is 0 Å². The molecule has 4 aliphatic heterocycles. The van der Waals surface area contributed by atoms with E-state index in [1.807, 2.05) is 13.8 Å². The number of benzene rings is 1. The molecule has 50 heavy (non-hydrogen) atoms. The number of rotatable bonds is 10. The third-order valence-corrected chi connectivity index (χ3v) is 13.6. The zero-order chi connectivity index (χ0) is 35.9. The molecule has 6 atom stereocenters. The molecular formula is C37H50BF3N4O5. The van der Waals surface area contributed by atoms with Gasteiger partial charge in [-0.15, -0.1) is 0 Å². The molecular weight excluding hydrogens is 648 g/mol. The normalized spacial score (nSPS) is 34.9. The summed E-state index contributed by atoms with van der Waals surface area (Å²) < 4.78 is 60.9. The number of amides is 2. The van der Waals surface area contributed by atoms with E-state index in [0.717, 1.165) is 31.2 Å². The third-order valence-electron chi connectivity index (χ3n) is 13.6. The number of nitrogens with zero attached hydrogens (tertiary/aromatic N) is 3. The number of fused-ring (bicyclic) bond motifs is 2. The van der Waals surface area contributed by atoms with Gasteiger partial charge in [-0.25, -0.2) is 18.0 Å². The molecule has 0 radical (unpaired) electrons. The standard InChI is InChI=1S/C37H50BF3N4O5/c1-33(2,44-15-14-37(40,41)21-44)19-24(20-42)31(46)45-27-10-12-36(45,13-11-27)22-48-32(47)43-30(16-23-6-8-26(39)9-7-23)38-49-29-18-25-17-28(34(25,3)4)35(29,5)50-38/h6-9,24-25,27-30H,10-19,21-22H2,1-5H3,(H,43,47)/t24?,25-,27?,28-,29+,30-,35-,36?/m0/s1. The van der Waals surface area contributed by atoms with E-state index >= 15 is 0 Å². The average Bonchev–Trinajstić information content (AvgIpc) is 3.82. The van der Waals surface area contributed by atoms with Crippen molar-refractivity contribution in [3.05, 3.63) is 35.6 Å². The molecule has 272 valence electrons. The van der Waals surface area contributed by atoms with Crippen molar-refractivity contribution in [1.82, 2.24) is 15.1 Å². The maximum atomic E-state index is 14.0. The van der Waals surface area contributed by atoms with Crippen LogP contribution in [0.3, 0.4) is 0 Å². The van der Waals surface area contributed by atoms with Gasteiger partial charge in [0.25, 0.3) is 5.92 Å². The van der Waals surface area contributed by atoms with Crippen molar-refractivity contribution >= 4 is 19.1 Å². The topological polar surface area (TPSA) is 104 Å². The van der Waals surface area contributed by atoms with Crippen LogP contribution in [0.4, 0.5) is 18.0 Å². The number of alkyl carbamates (subject to hydrolysis) is 1. The van der Waals surface area contributed by atoms with Gasteiger partial charge in [0.2, 0.25) is 5.91 Å². The number of likely N-dealkylation sites (tertiary alicyclic amines) is 1. The Bertz CT molecular complexity index is 1530. The van der Waals surface area contributed by atoms with E-state index in [-0.39, 0.29) is 61.8 Å². The lowest BCUT2D eigenvalue weighted by Crippen LogP contribution is -2.65. The van der Waals surface area contributed by atoms with Gasteiger partial charge in [0.05, 0.1) is 35.8 Å². The third kappa shape index (κ3) is 6.11. The minimum atomic E-state index is -2.78. The minimum absolute atomic E-state index is 0.0328. The zero-order valence-corrected chi connectivity index (χ0v) is 29.9. The molecule has 1 unspecified atom stereocenters. The Morgan fingerprint density at radius 3 is 2.46 bits per heavy atom. The Hall–Kier alpha value is -2.82. The molecule has 7 fully saturated rings.